The highest BCUT2D eigenvalue weighted by atomic mass is 35.5. The van der Waals surface area contributed by atoms with E-state index in [0.29, 0.717) is 10.6 Å². The largest absolute Gasteiger partial charge is 0.465 e. The first-order chi connectivity index (χ1) is 19.3. The second-order valence-electron chi connectivity index (χ2n) is 8.98. The van der Waals surface area contributed by atoms with Crippen molar-refractivity contribution in [2.24, 2.45) is 0 Å². The molecule has 0 aliphatic rings. The lowest BCUT2D eigenvalue weighted by molar-refractivity contribution is 0.0602. The third-order valence-corrected chi connectivity index (χ3v) is 13.8. The molecule has 0 N–H and O–H groups in total. The normalized spacial score (nSPS) is 11.7. The summed E-state index contributed by atoms with van der Waals surface area (Å²) in [6.45, 7) is -0.858. The Hall–Kier alpha value is -3.48. The lowest BCUT2D eigenvalue weighted by Crippen LogP contribution is -2.31. The van der Waals surface area contributed by atoms with Gasteiger partial charge in [-0.25, -0.2) is 18.2 Å². The van der Waals surface area contributed by atoms with Gasteiger partial charge >= 0.3 is 5.97 Å². The fourth-order valence-corrected chi connectivity index (χ4v) is 11.8. The fourth-order valence-electron chi connectivity index (χ4n) is 4.55. The number of sulfone groups is 1. The number of carbonyl (C=O) groups is 1. The number of carbonyl (C=O) groups excluding carboxylic acids is 1. The second kappa shape index (κ2) is 11.6. The summed E-state index contributed by atoms with van der Waals surface area (Å²) in [6.07, 6.45) is 0. The first-order valence-corrected chi connectivity index (χ1v) is 16.8. The molecule has 5 nitrogen and oxygen atoms in total. The van der Waals surface area contributed by atoms with Crippen LogP contribution in [0.1, 0.15) is 20.9 Å². The maximum Gasteiger partial charge on any atom is 0.338 e. The standard InChI is InChI=1S/C31H25ClNO4PS2/c1-22-17-19-25(20-18-22)40(35,36)30-29(32)39-28(33-30)21-38(23-11-5-3-6-12-23,24-13-7-4-8-14-24)27-16-10-9-15-26(27)31(34)37-2/h3-21H,1-2H3. The molecule has 0 atom stereocenters. The molecule has 0 saturated carbocycles. The minimum Gasteiger partial charge on any atom is -0.465 e. The van der Waals surface area contributed by atoms with E-state index in [4.69, 9.17) is 16.3 Å². The van der Waals surface area contributed by atoms with E-state index in [0.717, 1.165) is 32.8 Å². The van der Waals surface area contributed by atoms with E-state index >= 15 is 0 Å². The number of rotatable bonds is 7. The third-order valence-electron chi connectivity index (χ3n) is 6.48. The molecule has 5 aromatic rings. The number of benzene rings is 4. The van der Waals surface area contributed by atoms with Crippen LogP contribution in [0, 0.1) is 6.92 Å². The van der Waals surface area contributed by atoms with Gasteiger partial charge in [-0.2, -0.15) is 0 Å². The number of aryl methyl sites for hydroxylation is 1. The molecule has 0 bridgehead atoms. The zero-order valence-corrected chi connectivity index (χ0v) is 25.0. The fraction of sp³-hybridized carbons (Fsp3) is 0.0645. The Kier molecular flexibility index (Phi) is 8.11. The van der Waals surface area contributed by atoms with E-state index in [1.807, 2.05) is 85.5 Å². The Labute approximate surface area is 243 Å². The Morgan fingerprint density at radius 3 is 1.98 bits per heavy atom. The average molecular weight is 606 g/mol. The van der Waals surface area contributed by atoms with Crippen molar-refractivity contribution in [3.05, 3.63) is 130 Å². The van der Waals surface area contributed by atoms with Crippen molar-refractivity contribution in [3.63, 3.8) is 0 Å². The zero-order chi connectivity index (χ0) is 28.3. The van der Waals surface area contributed by atoms with Gasteiger partial charge in [0.2, 0.25) is 9.84 Å². The van der Waals surface area contributed by atoms with Gasteiger partial charge in [0, 0.05) is 0 Å². The van der Waals surface area contributed by atoms with Gasteiger partial charge in [-0.1, -0.05) is 108 Å². The average Bonchev–Trinajstić information content (AvgIpc) is 3.37. The molecule has 0 aliphatic heterocycles. The van der Waals surface area contributed by atoms with Crippen molar-refractivity contribution in [2.45, 2.75) is 16.8 Å². The van der Waals surface area contributed by atoms with E-state index in [9.17, 15) is 13.2 Å². The van der Waals surface area contributed by atoms with Gasteiger partial charge in [-0.15, -0.1) is 11.3 Å². The molecule has 9 heteroatoms. The molecule has 0 radical (unpaired) electrons. The van der Waals surface area contributed by atoms with Crippen LogP contribution >= 0.6 is 29.8 Å². The number of ether oxygens (including phenoxy) is 1. The topological polar surface area (TPSA) is 73.3 Å². The second-order valence-corrected chi connectivity index (χ2v) is 15.7. The summed E-state index contributed by atoms with van der Waals surface area (Å²) in [5, 5.41) is 2.96. The van der Waals surface area contributed by atoms with Crippen LogP contribution in [0.3, 0.4) is 0 Å². The Balaban J connectivity index is 1.85. The number of nitrogens with zero attached hydrogens (tertiary/aromatic N) is 1. The van der Waals surface area contributed by atoms with E-state index in [-0.39, 0.29) is 14.3 Å². The van der Waals surface area contributed by atoms with Gasteiger partial charge in [0.1, 0.15) is 9.34 Å². The number of hydrogen-bond donors (Lipinski definition) is 0. The van der Waals surface area contributed by atoms with Crippen molar-refractivity contribution in [2.75, 3.05) is 7.11 Å². The number of esters is 1. The van der Waals surface area contributed by atoms with Crippen LogP contribution < -0.4 is 15.9 Å². The van der Waals surface area contributed by atoms with E-state index in [1.165, 1.54) is 7.11 Å². The number of methoxy groups -OCH3 is 1. The van der Waals surface area contributed by atoms with Gasteiger partial charge in [0.25, 0.3) is 0 Å². The third kappa shape index (κ3) is 5.18. The molecular formula is C31H25ClNO4PS2. The molecule has 0 spiro atoms. The molecule has 0 aliphatic carbocycles. The van der Waals surface area contributed by atoms with Crippen LogP contribution in [0.25, 0.3) is 0 Å². The molecule has 1 aromatic heterocycles. The number of halogens is 1. The Morgan fingerprint density at radius 1 is 0.850 bits per heavy atom. The minimum absolute atomic E-state index is 0.0762. The van der Waals surface area contributed by atoms with Crippen molar-refractivity contribution in [3.8, 4) is 0 Å². The summed E-state index contributed by atoms with van der Waals surface area (Å²) < 4.78 is 32.3. The van der Waals surface area contributed by atoms with Crippen LogP contribution in [0.15, 0.2) is 119 Å². The molecule has 0 fully saturated rings. The van der Waals surface area contributed by atoms with Crippen LogP contribution in [0.2, 0.25) is 4.34 Å². The van der Waals surface area contributed by atoms with Crippen LogP contribution in [-0.2, 0) is 14.6 Å². The van der Waals surface area contributed by atoms with E-state index in [2.05, 4.69) is 4.98 Å². The highest BCUT2D eigenvalue weighted by Gasteiger charge is 2.32. The Morgan fingerprint density at radius 2 is 1.40 bits per heavy atom. The maximum absolute atomic E-state index is 13.5. The molecule has 5 rings (SSSR count). The monoisotopic (exact) mass is 605 g/mol. The molecule has 1 heterocycles. The number of aromatic nitrogens is 1. The van der Waals surface area contributed by atoms with E-state index in [1.54, 1.807) is 36.4 Å². The minimum atomic E-state index is -3.96. The van der Waals surface area contributed by atoms with Gasteiger partial charge in [-0.3, -0.25) is 0 Å². The highest BCUT2D eigenvalue weighted by molar-refractivity contribution is 7.95. The quantitative estimate of drug-likeness (QED) is 0.171. The van der Waals surface area contributed by atoms with Crippen LogP contribution in [-0.4, -0.2) is 32.3 Å². The van der Waals surface area contributed by atoms with Crippen molar-refractivity contribution in [1.82, 2.24) is 4.98 Å². The molecule has 0 amide bonds. The lowest BCUT2D eigenvalue weighted by Gasteiger charge is -2.29. The smallest absolute Gasteiger partial charge is 0.338 e. The number of thiazole rings is 1. The molecule has 0 unspecified atom stereocenters. The van der Waals surface area contributed by atoms with Crippen molar-refractivity contribution >= 4 is 67.3 Å². The molecule has 4 aromatic carbocycles. The van der Waals surface area contributed by atoms with Gasteiger partial charge in [0.05, 0.1) is 17.6 Å². The van der Waals surface area contributed by atoms with E-state index < -0.39 is 22.7 Å². The molecule has 202 valence electrons. The van der Waals surface area contributed by atoms with Crippen LogP contribution in [0.4, 0.5) is 0 Å². The first-order valence-electron chi connectivity index (χ1n) is 12.3. The summed E-state index contributed by atoms with van der Waals surface area (Å²) in [4.78, 5) is 17.8. The summed E-state index contributed by atoms with van der Waals surface area (Å²) in [5.41, 5.74) is 1.37. The highest BCUT2D eigenvalue weighted by Crippen LogP contribution is 2.46. The van der Waals surface area contributed by atoms with Gasteiger partial charge in [-0.05, 0) is 53.7 Å². The summed E-state index contributed by atoms with van der Waals surface area (Å²) in [7, 11) is -2.60. The predicted octanol–water partition coefficient (Wildman–Crippen LogP) is 5.87. The predicted molar refractivity (Wildman–Crippen MR) is 165 cm³/mol. The summed E-state index contributed by atoms with van der Waals surface area (Å²) in [5.74, 6) is 1.53. The SMILES string of the molecule is COC(=O)c1ccccc1P(=Cc1nc(S(=O)(=O)c2ccc(C)cc2)c(Cl)s1)(c1ccccc1)c1ccccc1. The van der Waals surface area contributed by atoms with Crippen LogP contribution in [0.5, 0.6) is 0 Å². The molecule has 40 heavy (non-hydrogen) atoms. The number of hydrogen-bond acceptors (Lipinski definition) is 6. The molecule has 0 saturated heterocycles. The van der Waals surface area contributed by atoms with Gasteiger partial charge in [0.15, 0.2) is 5.03 Å². The Bertz CT molecular complexity index is 1790. The summed E-state index contributed by atoms with van der Waals surface area (Å²) in [6, 6.07) is 33.7. The molecular weight excluding hydrogens is 581 g/mol. The van der Waals surface area contributed by atoms with Crippen molar-refractivity contribution in [1.29, 1.82) is 0 Å². The summed E-state index contributed by atoms with van der Waals surface area (Å²) >= 11 is 7.68. The zero-order valence-electron chi connectivity index (χ0n) is 21.7. The van der Waals surface area contributed by atoms with Crippen molar-refractivity contribution < 1.29 is 17.9 Å². The van der Waals surface area contributed by atoms with Gasteiger partial charge < -0.3 is 4.74 Å². The maximum atomic E-state index is 13.5. The first kappa shape index (κ1) is 28.1. The lowest BCUT2D eigenvalue weighted by atomic mass is 10.2.